The van der Waals surface area contributed by atoms with E-state index in [0.29, 0.717) is 5.75 Å². The lowest BCUT2D eigenvalue weighted by molar-refractivity contribution is 0.390. The van der Waals surface area contributed by atoms with Gasteiger partial charge in [0.1, 0.15) is 0 Å². The Balaban J connectivity index is 2.23. The number of aryl methyl sites for hydroxylation is 1. The lowest BCUT2D eigenvalue weighted by Crippen LogP contribution is -2.28. The van der Waals surface area contributed by atoms with Gasteiger partial charge < -0.3 is 5.32 Å². The summed E-state index contributed by atoms with van der Waals surface area (Å²) in [7, 11) is -0.953. The molecular weight excluding hydrogens is 238 g/mol. The first-order valence-electron chi connectivity index (χ1n) is 5.97. The first-order valence-corrected chi connectivity index (χ1v) is 7.79. The van der Waals surface area contributed by atoms with Gasteiger partial charge in [-0.25, -0.2) is 8.42 Å². The van der Waals surface area contributed by atoms with E-state index in [1.54, 1.807) is 6.20 Å². The summed E-state index contributed by atoms with van der Waals surface area (Å²) in [5, 5.41) is 7.47. The van der Waals surface area contributed by atoms with Gasteiger partial charge in [-0.2, -0.15) is 5.10 Å². The third-order valence-electron chi connectivity index (χ3n) is 3.42. The number of rotatable bonds is 4. The predicted octanol–water partition coefficient (Wildman–Crippen LogP) is 0.598. The van der Waals surface area contributed by atoms with Crippen molar-refractivity contribution in [3.05, 3.63) is 18.0 Å². The summed E-state index contributed by atoms with van der Waals surface area (Å²) in [6.45, 7) is 2.84. The van der Waals surface area contributed by atoms with Gasteiger partial charge in [0.05, 0.1) is 23.2 Å². The van der Waals surface area contributed by atoms with Crippen LogP contribution in [0.25, 0.3) is 0 Å². The second-order valence-corrected chi connectivity index (χ2v) is 6.73. The molecule has 2 heterocycles. The van der Waals surface area contributed by atoms with E-state index in [0.717, 1.165) is 18.7 Å². The Morgan fingerprint density at radius 1 is 1.65 bits per heavy atom. The lowest BCUT2D eigenvalue weighted by Gasteiger charge is -2.22. The minimum atomic E-state index is -2.83. The van der Waals surface area contributed by atoms with Gasteiger partial charge in [-0.1, -0.05) is 0 Å². The monoisotopic (exact) mass is 257 g/mol. The average molecular weight is 257 g/mol. The molecule has 1 aromatic rings. The van der Waals surface area contributed by atoms with Crippen molar-refractivity contribution in [2.45, 2.75) is 25.9 Å². The van der Waals surface area contributed by atoms with Crippen LogP contribution >= 0.6 is 0 Å². The molecule has 96 valence electrons. The summed E-state index contributed by atoms with van der Waals surface area (Å²) in [5.41, 5.74) is 1.08. The second-order valence-electron chi connectivity index (χ2n) is 4.50. The van der Waals surface area contributed by atoms with E-state index in [-0.39, 0.29) is 17.7 Å². The Morgan fingerprint density at radius 3 is 2.94 bits per heavy atom. The van der Waals surface area contributed by atoms with Crippen molar-refractivity contribution >= 4 is 9.84 Å². The van der Waals surface area contributed by atoms with Gasteiger partial charge in [0.2, 0.25) is 0 Å². The highest BCUT2D eigenvalue weighted by atomic mass is 32.2. The highest BCUT2D eigenvalue weighted by Gasteiger charge is 2.34. The van der Waals surface area contributed by atoms with E-state index in [1.807, 2.05) is 24.7 Å². The molecule has 1 aliphatic rings. The Hall–Kier alpha value is -0.880. The first kappa shape index (κ1) is 12.6. The SMILES string of the molecule is CCn1nccc1C(NC)C1CCS(=O)(=O)C1. The molecule has 0 spiro atoms. The highest BCUT2D eigenvalue weighted by molar-refractivity contribution is 7.91. The normalized spacial score (nSPS) is 24.9. The van der Waals surface area contributed by atoms with E-state index in [4.69, 9.17) is 0 Å². The molecule has 0 aliphatic carbocycles. The molecule has 2 rings (SSSR count). The van der Waals surface area contributed by atoms with Gasteiger partial charge in [-0.05, 0) is 32.4 Å². The molecule has 17 heavy (non-hydrogen) atoms. The Bertz CT molecular complexity index is 481. The summed E-state index contributed by atoms with van der Waals surface area (Å²) in [4.78, 5) is 0. The van der Waals surface area contributed by atoms with Crippen molar-refractivity contribution in [3.8, 4) is 0 Å². The minimum absolute atomic E-state index is 0.0784. The lowest BCUT2D eigenvalue weighted by atomic mass is 9.96. The van der Waals surface area contributed by atoms with Gasteiger partial charge in [0.15, 0.2) is 9.84 Å². The quantitative estimate of drug-likeness (QED) is 0.858. The van der Waals surface area contributed by atoms with Crippen LogP contribution in [-0.2, 0) is 16.4 Å². The van der Waals surface area contributed by atoms with Crippen LogP contribution in [-0.4, -0.2) is 36.8 Å². The van der Waals surface area contributed by atoms with Crippen LogP contribution in [0.15, 0.2) is 12.3 Å². The fourth-order valence-electron chi connectivity index (χ4n) is 2.58. The third kappa shape index (κ3) is 2.52. The van der Waals surface area contributed by atoms with E-state index in [1.165, 1.54) is 0 Å². The summed E-state index contributed by atoms with van der Waals surface area (Å²) in [5.74, 6) is 0.760. The maximum atomic E-state index is 11.5. The fraction of sp³-hybridized carbons (Fsp3) is 0.727. The second kappa shape index (κ2) is 4.78. The van der Waals surface area contributed by atoms with E-state index < -0.39 is 9.84 Å². The molecule has 1 N–H and O–H groups in total. The molecule has 0 aromatic carbocycles. The first-order chi connectivity index (χ1) is 8.07. The standard InChI is InChI=1S/C11H19N3O2S/c1-3-14-10(4-6-13-14)11(12-2)9-5-7-17(15,16)8-9/h4,6,9,11-12H,3,5,7-8H2,1-2H3. The predicted molar refractivity (Wildman–Crippen MR) is 66.5 cm³/mol. The number of nitrogens with one attached hydrogen (secondary N) is 1. The molecule has 0 bridgehead atoms. The molecule has 1 saturated heterocycles. The Labute approximate surface area is 102 Å². The van der Waals surface area contributed by atoms with Gasteiger partial charge >= 0.3 is 0 Å². The number of hydrogen-bond donors (Lipinski definition) is 1. The molecule has 1 aliphatic heterocycles. The van der Waals surface area contributed by atoms with Crippen molar-refractivity contribution in [1.29, 1.82) is 0 Å². The van der Waals surface area contributed by atoms with Crippen LogP contribution in [0.5, 0.6) is 0 Å². The van der Waals surface area contributed by atoms with E-state index in [9.17, 15) is 8.42 Å². The summed E-state index contributed by atoms with van der Waals surface area (Å²) >= 11 is 0. The molecule has 2 unspecified atom stereocenters. The fourth-order valence-corrected chi connectivity index (χ4v) is 4.42. The topological polar surface area (TPSA) is 64.0 Å². The number of aromatic nitrogens is 2. The summed E-state index contributed by atoms with van der Waals surface area (Å²) < 4.78 is 25.0. The van der Waals surface area contributed by atoms with E-state index >= 15 is 0 Å². The molecule has 0 amide bonds. The van der Waals surface area contributed by atoms with Crippen LogP contribution in [0.1, 0.15) is 25.1 Å². The molecule has 1 aromatic heterocycles. The van der Waals surface area contributed by atoms with Crippen LogP contribution < -0.4 is 5.32 Å². The molecule has 5 nitrogen and oxygen atoms in total. The summed E-state index contributed by atoms with van der Waals surface area (Å²) in [6.07, 6.45) is 2.51. The summed E-state index contributed by atoms with van der Waals surface area (Å²) in [6, 6.07) is 2.05. The van der Waals surface area contributed by atoms with Crippen LogP contribution in [0.4, 0.5) is 0 Å². The van der Waals surface area contributed by atoms with Crippen LogP contribution in [0, 0.1) is 5.92 Å². The minimum Gasteiger partial charge on any atom is -0.311 e. The average Bonchev–Trinajstić information content (AvgIpc) is 2.87. The number of nitrogens with zero attached hydrogens (tertiary/aromatic N) is 2. The molecular formula is C11H19N3O2S. The smallest absolute Gasteiger partial charge is 0.150 e. The zero-order chi connectivity index (χ0) is 12.5. The number of sulfone groups is 1. The molecule has 1 fully saturated rings. The van der Waals surface area contributed by atoms with Gasteiger partial charge in [-0.15, -0.1) is 0 Å². The Kier molecular flexibility index (Phi) is 3.53. The van der Waals surface area contributed by atoms with Crippen LogP contribution in [0.2, 0.25) is 0 Å². The maximum absolute atomic E-state index is 11.5. The third-order valence-corrected chi connectivity index (χ3v) is 5.21. The zero-order valence-electron chi connectivity index (χ0n) is 10.3. The van der Waals surface area contributed by atoms with Crippen molar-refractivity contribution in [2.75, 3.05) is 18.6 Å². The van der Waals surface area contributed by atoms with Crippen LogP contribution in [0.3, 0.4) is 0 Å². The Morgan fingerprint density at radius 2 is 2.41 bits per heavy atom. The van der Waals surface area contributed by atoms with Crippen molar-refractivity contribution in [2.24, 2.45) is 5.92 Å². The molecule has 6 heteroatoms. The molecule has 0 saturated carbocycles. The molecule has 2 atom stereocenters. The maximum Gasteiger partial charge on any atom is 0.150 e. The van der Waals surface area contributed by atoms with Gasteiger partial charge in [-0.3, -0.25) is 4.68 Å². The van der Waals surface area contributed by atoms with Gasteiger partial charge in [0, 0.05) is 12.7 Å². The number of hydrogen-bond acceptors (Lipinski definition) is 4. The van der Waals surface area contributed by atoms with E-state index in [2.05, 4.69) is 10.4 Å². The molecule has 0 radical (unpaired) electrons. The van der Waals surface area contributed by atoms with Crippen molar-refractivity contribution < 1.29 is 8.42 Å². The largest absolute Gasteiger partial charge is 0.311 e. The van der Waals surface area contributed by atoms with Crippen molar-refractivity contribution in [3.63, 3.8) is 0 Å². The zero-order valence-corrected chi connectivity index (χ0v) is 11.1. The highest BCUT2D eigenvalue weighted by Crippen LogP contribution is 2.30. The van der Waals surface area contributed by atoms with Gasteiger partial charge in [0.25, 0.3) is 0 Å². The van der Waals surface area contributed by atoms with Crippen molar-refractivity contribution in [1.82, 2.24) is 15.1 Å².